The smallest absolute Gasteiger partial charge is 0.319 e. The maximum atomic E-state index is 12.0. The number of carbonyl (C=O) groups excluding carboxylic acids is 2. The third-order valence-corrected chi connectivity index (χ3v) is 4.46. The third kappa shape index (κ3) is 8.29. The van der Waals surface area contributed by atoms with Crippen LogP contribution in [0.3, 0.4) is 0 Å². The van der Waals surface area contributed by atoms with Crippen molar-refractivity contribution in [3.8, 4) is 0 Å². The van der Waals surface area contributed by atoms with Crippen LogP contribution in [0.25, 0.3) is 0 Å². The Morgan fingerprint density at radius 2 is 1.56 bits per heavy atom. The molecule has 8 nitrogen and oxygen atoms in total. The van der Waals surface area contributed by atoms with Gasteiger partial charge < -0.3 is 26.2 Å². The molecule has 0 atom stereocenters. The number of benzene rings is 2. The minimum Gasteiger partial charge on any atom is -0.357 e. The standard InChI is InChI=1S/C24H34N6O2/c1-6-25-23(26-15-18-7-11-20(12-8-18)22(31)30(4)5)27-16-19-9-13-21(14-10-19)29-24(32)28-17(2)3/h7-14,17H,6,15-16H2,1-5H3,(H2,25,26,27)(H2,28,29,32). The minimum atomic E-state index is -0.219. The fourth-order valence-electron chi connectivity index (χ4n) is 2.84. The van der Waals surface area contributed by atoms with E-state index in [0.717, 1.165) is 23.4 Å². The molecule has 8 heteroatoms. The summed E-state index contributed by atoms with van der Waals surface area (Å²) in [5.74, 6) is 0.695. The van der Waals surface area contributed by atoms with Crippen molar-refractivity contribution in [2.24, 2.45) is 4.99 Å². The number of hydrogen-bond acceptors (Lipinski definition) is 3. The number of nitrogens with zero attached hydrogens (tertiary/aromatic N) is 2. The fourth-order valence-corrected chi connectivity index (χ4v) is 2.84. The van der Waals surface area contributed by atoms with Crippen molar-refractivity contribution in [3.63, 3.8) is 0 Å². The molecule has 0 aliphatic heterocycles. The van der Waals surface area contributed by atoms with Crippen LogP contribution in [0.5, 0.6) is 0 Å². The van der Waals surface area contributed by atoms with Gasteiger partial charge in [-0.15, -0.1) is 0 Å². The Kier molecular flexibility index (Phi) is 9.53. The van der Waals surface area contributed by atoms with Crippen LogP contribution in [0.15, 0.2) is 53.5 Å². The summed E-state index contributed by atoms with van der Waals surface area (Å²) in [6.07, 6.45) is 0. The number of urea groups is 1. The summed E-state index contributed by atoms with van der Waals surface area (Å²) in [5, 5.41) is 12.1. The lowest BCUT2D eigenvalue weighted by Crippen LogP contribution is -2.36. The molecule has 0 saturated heterocycles. The summed E-state index contributed by atoms with van der Waals surface area (Å²) >= 11 is 0. The van der Waals surface area contributed by atoms with E-state index in [9.17, 15) is 9.59 Å². The fraction of sp³-hybridized carbons (Fsp3) is 0.375. The van der Waals surface area contributed by atoms with E-state index in [1.807, 2.05) is 69.3 Å². The highest BCUT2D eigenvalue weighted by Crippen LogP contribution is 2.11. The maximum Gasteiger partial charge on any atom is 0.319 e. The van der Waals surface area contributed by atoms with Gasteiger partial charge in [-0.3, -0.25) is 4.79 Å². The van der Waals surface area contributed by atoms with Crippen molar-refractivity contribution in [1.29, 1.82) is 0 Å². The molecule has 4 N–H and O–H groups in total. The molecule has 0 radical (unpaired) electrons. The largest absolute Gasteiger partial charge is 0.357 e. The van der Waals surface area contributed by atoms with Gasteiger partial charge in [0.15, 0.2) is 5.96 Å². The third-order valence-electron chi connectivity index (χ3n) is 4.46. The van der Waals surface area contributed by atoms with Gasteiger partial charge in [-0.2, -0.15) is 0 Å². The molecule has 0 unspecified atom stereocenters. The summed E-state index contributed by atoms with van der Waals surface area (Å²) < 4.78 is 0. The highest BCUT2D eigenvalue weighted by atomic mass is 16.2. The zero-order valence-corrected chi connectivity index (χ0v) is 19.5. The van der Waals surface area contributed by atoms with Crippen molar-refractivity contribution < 1.29 is 9.59 Å². The molecular weight excluding hydrogens is 404 g/mol. The zero-order valence-electron chi connectivity index (χ0n) is 19.5. The van der Waals surface area contributed by atoms with Crippen molar-refractivity contribution >= 4 is 23.6 Å². The molecule has 2 aromatic carbocycles. The molecule has 3 amide bonds. The van der Waals surface area contributed by atoms with Crippen molar-refractivity contribution in [2.75, 3.05) is 26.0 Å². The first-order valence-electron chi connectivity index (χ1n) is 10.8. The van der Waals surface area contributed by atoms with Gasteiger partial charge in [-0.1, -0.05) is 24.3 Å². The molecule has 32 heavy (non-hydrogen) atoms. The summed E-state index contributed by atoms with van der Waals surface area (Å²) in [6.45, 7) is 7.69. The number of aliphatic imine (C=N–C) groups is 1. The first-order valence-corrected chi connectivity index (χ1v) is 10.8. The Morgan fingerprint density at radius 1 is 0.938 bits per heavy atom. The number of hydrogen-bond donors (Lipinski definition) is 4. The molecule has 0 aliphatic carbocycles. The molecule has 0 heterocycles. The van der Waals surface area contributed by atoms with Gasteiger partial charge in [0.05, 0.1) is 6.54 Å². The topological polar surface area (TPSA) is 97.9 Å². The van der Waals surface area contributed by atoms with E-state index >= 15 is 0 Å². The summed E-state index contributed by atoms with van der Waals surface area (Å²) in [7, 11) is 3.48. The number of guanidine groups is 1. The Bertz CT molecular complexity index is 905. The van der Waals surface area contributed by atoms with E-state index in [1.54, 1.807) is 19.0 Å². The normalized spacial score (nSPS) is 11.1. The molecule has 0 aliphatic rings. The van der Waals surface area contributed by atoms with Crippen LogP contribution < -0.4 is 21.3 Å². The SMILES string of the molecule is CCNC(=NCc1ccc(NC(=O)NC(C)C)cc1)NCc1ccc(C(=O)N(C)C)cc1. The van der Waals surface area contributed by atoms with Crippen molar-refractivity contribution in [3.05, 3.63) is 65.2 Å². The molecule has 0 saturated carbocycles. The second-order valence-corrected chi connectivity index (χ2v) is 7.90. The van der Waals surface area contributed by atoms with E-state index in [-0.39, 0.29) is 18.0 Å². The monoisotopic (exact) mass is 438 g/mol. The highest BCUT2D eigenvalue weighted by molar-refractivity contribution is 5.93. The number of anilines is 1. The number of rotatable bonds is 8. The number of amides is 3. The molecule has 0 aromatic heterocycles. The first-order chi connectivity index (χ1) is 15.3. The van der Waals surface area contributed by atoms with E-state index in [2.05, 4.69) is 26.3 Å². The van der Waals surface area contributed by atoms with E-state index in [0.29, 0.717) is 24.6 Å². The van der Waals surface area contributed by atoms with Gasteiger partial charge in [0.25, 0.3) is 5.91 Å². The molecule has 0 spiro atoms. The quantitative estimate of drug-likeness (QED) is 0.376. The summed E-state index contributed by atoms with van der Waals surface area (Å²) in [6, 6.07) is 15.0. The van der Waals surface area contributed by atoms with Crippen LogP contribution in [0.2, 0.25) is 0 Å². The predicted molar refractivity (Wildman–Crippen MR) is 130 cm³/mol. The lowest BCUT2D eigenvalue weighted by Gasteiger charge is -2.13. The highest BCUT2D eigenvalue weighted by Gasteiger charge is 2.07. The van der Waals surface area contributed by atoms with Crippen LogP contribution in [0.4, 0.5) is 10.5 Å². The lowest BCUT2D eigenvalue weighted by atomic mass is 10.1. The van der Waals surface area contributed by atoms with E-state index in [1.165, 1.54) is 0 Å². The van der Waals surface area contributed by atoms with Crippen LogP contribution >= 0.6 is 0 Å². The van der Waals surface area contributed by atoms with Gasteiger partial charge >= 0.3 is 6.03 Å². The molecule has 2 aromatic rings. The van der Waals surface area contributed by atoms with Crippen LogP contribution in [0, 0.1) is 0 Å². The van der Waals surface area contributed by atoms with Gasteiger partial charge in [0, 0.05) is 44.5 Å². The molecular formula is C24H34N6O2. The average Bonchev–Trinajstić information content (AvgIpc) is 2.76. The van der Waals surface area contributed by atoms with Crippen LogP contribution in [-0.4, -0.2) is 49.5 Å². The van der Waals surface area contributed by atoms with E-state index < -0.39 is 0 Å². The Hall–Kier alpha value is -3.55. The Balaban J connectivity index is 1.92. The number of carbonyl (C=O) groups is 2. The lowest BCUT2D eigenvalue weighted by molar-refractivity contribution is 0.0827. The van der Waals surface area contributed by atoms with Crippen LogP contribution in [-0.2, 0) is 13.1 Å². The number of nitrogens with one attached hydrogen (secondary N) is 4. The molecule has 0 bridgehead atoms. The predicted octanol–water partition coefficient (Wildman–Crippen LogP) is 3.17. The van der Waals surface area contributed by atoms with Gasteiger partial charge in [0.2, 0.25) is 0 Å². The molecule has 172 valence electrons. The van der Waals surface area contributed by atoms with Gasteiger partial charge in [0.1, 0.15) is 0 Å². The first kappa shape index (κ1) is 24.7. The average molecular weight is 439 g/mol. The minimum absolute atomic E-state index is 0.0128. The zero-order chi connectivity index (χ0) is 23.5. The van der Waals surface area contributed by atoms with Gasteiger partial charge in [-0.05, 0) is 56.2 Å². The Morgan fingerprint density at radius 3 is 2.12 bits per heavy atom. The summed E-state index contributed by atoms with van der Waals surface area (Å²) in [4.78, 5) is 30.0. The summed E-state index contributed by atoms with van der Waals surface area (Å²) in [5.41, 5.74) is 3.49. The van der Waals surface area contributed by atoms with E-state index in [4.69, 9.17) is 0 Å². The van der Waals surface area contributed by atoms with Crippen LogP contribution in [0.1, 0.15) is 42.3 Å². The van der Waals surface area contributed by atoms with Crippen molar-refractivity contribution in [1.82, 2.24) is 20.9 Å². The second-order valence-electron chi connectivity index (χ2n) is 7.90. The second kappa shape index (κ2) is 12.3. The van der Waals surface area contributed by atoms with Crippen molar-refractivity contribution in [2.45, 2.75) is 39.9 Å². The molecule has 0 fully saturated rings. The Labute approximate surface area is 190 Å². The van der Waals surface area contributed by atoms with Gasteiger partial charge in [-0.25, -0.2) is 9.79 Å². The maximum absolute atomic E-state index is 12.0. The molecule has 2 rings (SSSR count).